The fourth-order valence-electron chi connectivity index (χ4n) is 5.93. The summed E-state index contributed by atoms with van der Waals surface area (Å²) in [5, 5.41) is 15.4. The van der Waals surface area contributed by atoms with E-state index >= 15 is 0 Å². The number of nitrogens with zero attached hydrogens (tertiary/aromatic N) is 3. The van der Waals surface area contributed by atoms with Crippen LogP contribution in [-0.2, 0) is 17.9 Å². The molecule has 2 aliphatic rings. The smallest absolute Gasteiger partial charge is 0.303 e. The van der Waals surface area contributed by atoms with Gasteiger partial charge in [-0.3, -0.25) is 14.6 Å². The van der Waals surface area contributed by atoms with Gasteiger partial charge >= 0.3 is 5.97 Å². The van der Waals surface area contributed by atoms with E-state index in [0.29, 0.717) is 11.9 Å². The second-order valence-corrected chi connectivity index (χ2v) is 11.0. The summed E-state index contributed by atoms with van der Waals surface area (Å²) in [6.07, 6.45) is 11.3. The fraction of sp³-hybridized carbons (Fsp3) is 0.433. The van der Waals surface area contributed by atoms with Crippen LogP contribution in [0.5, 0.6) is 0 Å². The normalized spacial score (nSPS) is 16.8. The Labute approximate surface area is 221 Å². The molecule has 1 saturated heterocycles. The summed E-state index contributed by atoms with van der Waals surface area (Å²) in [4.78, 5) is 34.7. The number of H-pyrrole nitrogens is 1. The lowest BCUT2D eigenvalue weighted by Gasteiger charge is -2.33. The van der Waals surface area contributed by atoms with Gasteiger partial charge in [0.2, 0.25) is 0 Å². The number of aromatic nitrogens is 3. The summed E-state index contributed by atoms with van der Waals surface area (Å²) in [6, 6.07) is 10.6. The maximum atomic E-state index is 13.4. The number of piperidine rings is 1. The number of pyridine rings is 2. The van der Waals surface area contributed by atoms with Crippen LogP contribution in [0.1, 0.15) is 49.8 Å². The zero-order valence-corrected chi connectivity index (χ0v) is 21.7. The second kappa shape index (κ2) is 10.6. The average Bonchev–Trinajstić information content (AvgIpc) is 3.29. The van der Waals surface area contributed by atoms with E-state index < -0.39 is 5.97 Å². The maximum absolute atomic E-state index is 13.4. The molecule has 1 saturated carbocycles. The van der Waals surface area contributed by atoms with Crippen LogP contribution >= 0.6 is 0 Å². The number of hydrogen-bond donors (Lipinski definition) is 3. The molecule has 0 radical (unpaired) electrons. The number of fused-ring (bicyclic) bond motifs is 2. The van der Waals surface area contributed by atoms with E-state index in [1.807, 2.05) is 18.5 Å². The van der Waals surface area contributed by atoms with Crippen LogP contribution in [-0.4, -0.2) is 45.2 Å². The predicted octanol–water partition coefficient (Wildman–Crippen LogP) is 4.51. The van der Waals surface area contributed by atoms with Gasteiger partial charge in [-0.05, 0) is 73.2 Å². The topological polar surface area (TPSA) is 103 Å². The average molecular weight is 514 g/mol. The van der Waals surface area contributed by atoms with E-state index in [2.05, 4.69) is 44.5 Å². The fourth-order valence-corrected chi connectivity index (χ4v) is 5.93. The van der Waals surface area contributed by atoms with E-state index in [-0.39, 0.29) is 17.9 Å². The lowest BCUT2D eigenvalue weighted by atomic mass is 9.85. The first-order valence-electron chi connectivity index (χ1n) is 13.8. The van der Waals surface area contributed by atoms with Crippen molar-refractivity contribution in [1.29, 1.82) is 0 Å². The van der Waals surface area contributed by atoms with Crippen LogP contribution in [0.15, 0.2) is 53.7 Å². The Morgan fingerprint density at radius 2 is 1.89 bits per heavy atom. The highest BCUT2D eigenvalue weighted by molar-refractivity contribution is 5.92. The third-order valence-electron chi connectivity index (χ3n) is 8.37. The van der Waals surface area contributed by atoms with E-state index in [1.165, 1.54) is 30.3 Å². The number of nitrogens with one attached hydrogen (secondary N) is 2. The molecule has 4 aromatic rings. The van der Waals surface area contributed by atoms with Crippen LogP contribution in [0.25, 0.3) is 21.7 Å². The van der Waals surface area contributed by atoms with Crippen molar-refractivity contribution < 1.29 is 9.90 Å². The molecule has 0 unspecified atom stereocenters. The van der Waals surface area contributed by atoms with Gasteiger partial charge in [-0.1, -0.05) is 18.6 Å². The zero-order chi connectivity index (χ0) is 26.1. The van der Waals surface area contributed by atoms with Gasteiger partial charge in [-0.2, -0.15) is 0 Å². The first kappa shape index (κ1) is 24.7. The summed E-state index contributed by atoms with van der Waals surface area (Å²) >= 11 is 0. The Morgan fingerprint density at radius 1 is 1.05 bits per heavy atom. The minimum atomic E-state index is -0.733. The Morgan fingerprint density at radius 3 is 2.66 bits per heavy atom. The number of aromatic amines is 1. The van der Waals surface area contributed by atoms with Gasteiger partial charge in [0.25, 0.3) is 5.56 Å². The van der Waals surface area contributed by atoms with Gasteiger partial charge in [0.1, 0.15) is 0 Å². The van der Waals surface area contributed by atoms with Crippen LogP contribution < -0.4 is 15.8 Å². The van der Waals surface area contributed by atoms with Crippen molar-refractivity contribution in [2.24, 2.45) is 11.8 Å². The monoisotopic (exact) mass is 513 g/mol. The molecule has 6 rings (SSSR count). The summed E-state index contributed by atoms with van der Waals surface area (Å²) in [5.41, 5.74) is 4.24. The molecule has 1 aromatic carbocycles. The van der Waals surface area contributed by atoms with E-state index in [9.17, 15) is 9.59 Å². The van der Waals surface area contributed by atoms with Crippen molar-refractivity contribution in [1.82, 2.24) is 19.9 Å². The molecule has 8 heteroatoms. The molecule has 0 amide bonds. The number of carboxylic acids is 1. The van der Waals surface area contributed by atoms with Crippen molar-refractivity contribution in [2.45, 2.75) is 51.6 Å². The molecule has 0 bridgehead atoms. The Balaban J connectivity index is 1.17. The highest BCUT2D eigenvalue weighted by Gasteiger charge is 2.23. The number of carboxylic acid groups (broad SMARTS) is 1. The number of aliphatic carboxylic acids is 1. The van der Waals surface area contributed by atoms with Crippen LogP contribution in [0, 0.1) is 11.8 Å². The number of carbonyl (C=O) groups is 1. The summed E-state index contributed by atoms with van der Waals surface area (Å²) < 4.78 is 1.75. The Kier molecular flexibility index (Phi) is 6.89. The molecular formula is C30H35N5O3. The van der Waals surface area contributed by atoms with Gasteiger partial charge in [0.05, 0.1) is 23.8 Å². The largest absolute Gasteiger partial charge is 0.481 e. The minimum Gasteiger partial charge on any atom is -0.481 e. The highest BCUT2D eigenvalue weighted by Crippen LogP contribution is 2.29. The number of rotatable bonds is 9. The van der Waals surface area contributed by atoms with E-state index in [0.717, 1.165) is 67.1 Å². The highest BCUT2D eigenvalue weighted by atomic mass is 16.4. The van der Waals surface area contributed by atoms with Gasteiger partial charge in [0.15, 0.2) is 0 Å². The molecule has 0 spiro atoms. The predicted molar refractivity (Wildman–Crippen MR) is 150 cm³/mol. The Bertz CT molecular complexity index is 1510. The van der Waals surface area contributed by atoms with Gasteiger partial charge in [0, 0.05) is 55.0 Å². The molecule has 8 nitrogen and oxygen atoms in total. The first-order valence-corrected chi connectivity index (χ1v) is 13.8. The van der Waals surface area contributed by atoms with Crippen LogP contribution in [0.3, 0.4) is 0 Å². The van der Waals surface area contributed by atoms with Crippen molar-refractivity contribution >= 4 is 33.3 Å². The Hall–Kier alpha value is -3.65. The van der Waals surface area contributed by atoms with Gasteiger partial charge in [-0.15, -0.1) is 0 Å². The standard InChI is InChI=1S/C30H35N5O3/c36-29(37)13-20-6-9-34(10-7-20)28-18-32-17-26-25(28)8-11-35(30(26)38)19-22-4-5-23-14-24(33-27(23)12-22)16-31-15-21-2-1-3-21/h4-5,8,11-12,14,17-18,20-21,31,33H,1-3,6-7,9-10,13,15-16,19H2,(H,36,37). The molecule has 1 aliphatic heterocycles. The van der Waals surface area contributed by atoms with Crippen molar-refractivity contribution in [3.63, 3.8) is 0 Å². The van der Waals surface area contributed by atoms with E-state index in [4.69, 9.17) is 5.11 Å². The van der Waals surface area contributed by atoms with Crippen molar-refractivity contribution in [2.75, 3.05) is 24.5 Å². The maximum Gasteiger partial charge on any atom is 0.303 e. The first-order chi connectivity index (χ1) is 18.5. The second-order valence-electron chi connectivity index (χ2n) is 11.0. The molecule has 0 atom stereocenters. The molecule has 3 aromatic heterocycles. The van der Waals surface area contributed by atoms with Gasteiger partial charge in [-0.25, -0.2) is 0 Å². The number of hydrogen-bond acceptors (Lipinski definition) is 5. The number of benzene rings is 1. The van der Waals surface area contributed by atoms with Gasteiger partial charge < -0.3 is 24.9 Å². The van der Waals surface area contributed by atoms with Crippen LogP contribution in [0.4, 0.5) is 5.69 Å². The third-order valence-corrected chi connectivity index (χ3v) is 8.37. The number of anilines is 1. The molecule has 38 heavy (non-hydrogen) atoms. The van der Waals surface area contributed by atoms with Crippen molar-refractivity contribution in [3.05, 3.63) is 70.5 Å². The quantitative estimate of drug-likeness (QED) is 0.304. The van der Waals surface area contributed by atoms with Crippen LogP contribution in [0.2, 0.25) is 0 Å². The molecule has 3 N–H and O–H groups in total. The molecular weight excluding hydrogens is 478 g/mol. The summed E-state index contributed by atoms with van der Waals surface area (Å²) in [6.45, 7) is 3.97. The zero-order valence-electron chi connectivity index (χ0n) is 21.7. The summed E-state index contributed by atoms with van der Waals surface area (Å²) in [7, 11) is 0. The summed E-state index contributed by atoms with van der Waals surface area (Å²) in [5.74, 6) is 0.317. The lowest BCUT2D eigenvalue weighted by Crippen LogP contribution is -2.34. The SMILES string of the molecule is O=C(O)CC1CCN(c2cncc3c(=O)n(Cc4ccc5cc(CNCC6CCC6)[nH]c5c4)ccc23)CC1. The van der Waals surface area contributed by atoms with E-state index in [1.54, 1.807) is 10.8 Å². The third kappa shape index (κ3) is 5.18. The van der Waals surface area contributed by atoms with Crippen molar-refractivity contribution in [3.8, 4) is 0 Å². The molecule has 1 aliphatic carbocycles. The molecule has 4 heterocycles. The minimum absolute atomic E-state index is 0.0509. The molecule has 2 fully saturated rings. The lowest BCUT2D eigenvalue weighted by molar-refractivity contribution is -0.138. The molecule has 198 valence electrons.